The number of halogens is 1. The number of carbonyl (C=O) groups excluding carboxylic acids is 1. The third-order valence-corrected chi connectivity index (χ3v) is 4.51. The van der Waals surface area contributed by atoms with Crippen LogP contribution in [-0.4, -0.2) is 31.4 Å². The minimum Gasteiger partial charge on any atom is -0.378 e. The first-order chi connectivity index (χ1) is 12.5. The van der Waals surface area contributed by atoms with Crippen LogP contribution in [0.15, 0.2) is 63.6 Å². The number of anilines is 1. The molecule has 132 valence electrons. The van der Waals surface area contributed by atoms with Gasteiger partial charge in [-0.2, -0.15) is 5.10 Å². The molecule has 0 aromatic heterocycles. The van der Waals surface area contributed by atoms with E-state index in [2.05, 4.69) is 15.5 Å². The number of carbonyl (C=O) groups is 1. The van der Waals surface area contributed by atoms with E-state index in [1.54, 1.807) is 24.4 Å². The second-order valence-electron chi connectivity index (χ2n) is 5.72. The highest BCUT2D eigenvalue weighted by atomic mass is 32.2. The van der Waals surface area contributed by atoms with Crippen LogP contribution in [-0.2, 0) is 4.79 Å². The Balaban J connectivity index is 1.69. The Morgan fingerprint density at radius 3 is 2.54 bits per heavy atom. The van der Waals surface area contributed by atoms with Crippen molar-refractivity contribution in [1.82, 2.24) is 5.32 Å². The maximum absolute atomic E-state index is 13.7. The van der Waals surface area contributed by atoms with E-state index in [0.29, 0.717) is 15.6 Å². The number of nitrogens with zero attached hydrogens (tertiary/aromatic N) is 3. The molecule has 1 aliphatic heterocycles. The number of rotatable bonds is 4. The van der Waals surface area contributed by atoms with Gasteiger partial charge in [0.05, 0.1) is 11.1 Å². The first-order valence-electron chi connectivity index (χ1n) is 7.87. The quantitative estimate of drug-likeness (QED) is 0.511. The molecule has 1 amide bonds. The minimum absolute atomic E-state index is 0.317. The second kappa shape index (κ2) is 7.97. The molecule has 1 fully saturated rings. The number of benzene rings is 2. The summed E-state index contributed by atoms with van der Waals surface area (Å²) in [6.07, 6.45) is 3.11. The molecule has 0 atom stereocenters. The van der Waals surface area contributed by atoms with Crippen molar-refractivity contribution in [2.75, 3.05) is 19.0 Å². The summed E-state index contributed by atoms with van der Waals surface area (Å²) in [6.45, 7) is 0. The molecular formula is C19H17FN4OS. The predicted octanol–water partition coefficient (Wildman–Crippen LogP) is 3.49. The van der Waals surface area contributed by atoms with Crippen molar-refractivity contribution < 1.29 is 9.18 Å². The van der Waals surface area contributed by atoms with Gasteiger partial charge in [-0.05, 0) is 41.6 Å². The van der Waals surface area contributed by atoms with Crippen LogP contribution in [0.25, 0.3) is 6.08 Å². The van der Waals surface area contributed by atoms with Gasteiger partial charge in [0.2, 0.25) is 0 Å². The van der Waals surface area contributed by atoms with Crippen LogP contribution in [0.2, 0.25) is 0 Å². The number of amidine groups is 1. The molecule has 1 saturated heterocycles. The van der Waals surface area contributed by atoms with E-state index >= 15 is 0 Å². The first kappa shape index (κ1) is 17.9. The number of hydrogen-bond acceptors (Lipinski definition) is 5. The van der Waals surface area contributed by atoms with E-state index in [1.807, 2.05) is 43.3 Å². The van der Waals surface area contributed by atoms with Gasteiger partial charge in [-0.15, -0.1) is 5.10 Å². The predicted molar refractivity (Wildman–Crippen MR) is 106 cm³/mol. The summed E-state index contributed by atoms with van der Waals surface area (Å²) in [4.78, 5) is 14.4. The van der Waals surface area contributed by atoms with E-state index in [4.69, 9.17) is 0 Å². The van der Waals surface area contributed by atoms with E-state index < -0.39 is 0 Å². The summed E-state index contributed by atoms with van der Waals surface area (Å²) in [6, 6.07) is 14.1. The molecule has 0 spiro atoms. The molecule has 0 unspecified atom stereocenters. The van der Waals surface area contributed by atoms with Crippen molar-refractivity contribution in [2.45, 2.75) is 0 Å². The topological polar surface area (TPSA) is 57.1 Å². The van der Waals surface area contributed by atoms with E-state index in [9.17, 15) is 9.18 Å². The smallest absolute Gasteiger partial charge is 0.264 e. The Labute approximate surface area is 155 Å². The molecule has 0 saturated carbocycles. The largest absolute Gasteiger partial charge is 0.378 e. The number of hydrogen-bond donors (Lipinski definition) is 1. The lowest BCUT2D eigenvalue weighted by atomic mass is 10.2. The molecule has 0 bridgehead atoms. The Hall–Kier alpha value is -2.93. The zero-order valence-corrected chi connectivity index (χ0v) is 15.1. The fraction of sp³-hybridized carbons (Fsp3) is 0.105. The zero-order valence-electron chi connectivity index (χ0n) is 14.3. The lowest BCUT2D eigenvalue weighted by Crippen LogP contribution is -2.19. The molecule has 1 heterocycles. The van der Waals surface area contributed by atoms with E-state index in [1.165, 1.54) is 12.1 Å². The summed E-state index contributed by atoms with van der Waals surface area (Å²) in [7, 11) is 3.95. The van der Waals surface area contributed by atoms with Crippen LogP contribution < -0.4 is 10.2 Å². The summed E-state index contributed by atoms with van der Waals surface area (Å²) >= 11 is 1.13. The van der Waals surface area contributed by atoms with Gasteiger partial charge in [-0.3, -0.25) is 10.1 Å². The Kier molecular flexibility index (Phi) is 5.48. The van der Waals surface area contributed by atoms with E-state index in [-0.39, 0.29) is 11.7 Å². The van der Waals surface area contributed by atoms with Crippen molar-refractivity contribution in [3.63, 3.8) is 0 Å². The average Bonchev–Trinajstić information content (AvgIpc) is 2.97. The monoisotopic (exact) mass is 368 g/mol. The fourth-order valence-corrected chi connectivity index (χ4v) is 2.98. The molecule has 5 nitrogen and oxygen atoms in total. The third kappa shape index (κ3) is 4.37. The summed E-state index contributed by atoms with van der Waals surface area (Å²) in [5, 5.41) is 11.0. The molecule has 7 heteroatoms. The maximum atomic E-state index is 13.7. The Bertz CT molecular complexity index is 904. The molecule has 1 N–H and O–H groups in total. The normalized spacial score (nSPS) is 17.3. The molecule has 2 aromatic rings. The minimum atomic E-state index is -0.377. The van der Waals surface area contributed by atoms with Gasteiger partial charge in [0, 0.05) is 25.3 Å². The average molecular weight is 368 g/mol. The molecule has 2 aromatic carbocycles. The molecule has 0 radical (unpaired) electrons. The fourth-order valence-electron chi connectivity index (χ4n) is 2.22. The molecule has 0 aliphatic carbocycles. The van der Waals surface area contributed by atoms with Crippen molar-refractivity contribution >= 4 is 40.8 Å². The van der Waals surface area contributed by atoms with Crippen LogP contribution in [0.5, 0.6) is 0 Å². The van der Waals surface area contributed by atoms with Crippen molar-refractivity contribution in [2.24, 2.45) is 10.2 Å². The van der Waals surface area contributed by atoms with Crippen LogP contribution in [0.1, 0.15) is 11.1 Å². The van der Waals surface area contributed by atoms with Gasteiger partial charge < -0.3 is 4.90 Å². The third-order valence-electron chi connectivity index (χ3n) is 3.61. The molecule has 26 heavy (non-hydrogen) atoms. The van der Waals surface area contributed by atoms with Crippen LogP contribution in [0, 0.1) is 5.82 Å². The maximum Gasteiger partial charge on any atom is 0.264 e. The SMILES string of the molecule is CN(C)c1ccc(C=N/N=C2\NC(=O)C(=Cc3ccccc3F)S2)cc1. The standard InChI is InChI=1S/C19H17FN4OS/c1-24(2)15-9-7-13(8-10-15)12-21-23-19-22-18(25)17(26-19)11-14-5-3-4-6-16(14)20/h3-12H,1-2H3,(H,22,23,25). The zero-order chi connectivity index (χ0) is 18.5. The molecular weight excluding hydrogens is 351 g/mol. The Morgan fingerprint density at radius 1 is 1.12 bits per heavy atom. The van der Waals surface area contributed by atoms with Crippen molar-refractivity contribution in [1.29, 1.82) is 0 Å². The number of thioether (sulfide) groups is 1. The number of amides is 1. The highest BCUT2D eigenvalue weighted by Gasteiger charge is 2.24. The van der Waals surface area contributed by atoms with Gasteiger partial charge in [0.25, 0.3) is 5.91 Å². The molecule has 3 rings (SSSR count). The second-order valence-corrected chi connectivity index (χ2v) is 6.75. The summed E-state index contributed by atoms with van der Waals surface area (Å²) < 4.78 is 13.7. The number of nitrogens with one attached hydrogen (secondary N) is 1. The highest BCUT2D eigenvalue weighted by Crippen LogP contribution is 2.26. The van der Waals surface area contributed by atoms with Gasteiger partial charge >= 0.3 is 0 Å². The van der Waals surface area contributed by atoms with Crippen molar-refractivity contribution in [3.05, 3.63) is 70.4 Å². The lowest BCUT2D eigenvalue weighted by Gasteiger charge is -2.11. The van der Waals surface area contributed by atoms with Crippen LogP contribution >= 0.6 is 11.8 Å². The lowest BCUT2D eigenvalue weighted by molar-refractivity contribution is -0.115. The Morgan fingerprint density at radius 2 is 1.85 bits per heavy atom. The summed E-state index contributed by atoms with van der Waals surface area (Å²) in [5.74, 6) is -0.694. The van der Waals surface area contributed by atoms with Gasteiger partial charge in [0.15, 0.2) is 5.17 Å². The molecule has 1 aliphatic rings. The van der Waals surface area contributed by atoms with Gasteiger partial charge in [-0.25, -0.2) is 4.39 Å². The van der Waals surface area contributed by atoms with Gasteiger partial charge in [-0.1, -0.05) is 30.3 Å². The highest BCUT2D eigenvalue weighted by molar-refractivity contribution is 8.18. The van der Waals surface area contributed by atoms with Crippen LogP contribution in [0.4, 0.5) is 10.1 Å². The first-order valence-corrected chi connectivity index (χ1v) is 8.68. The van der Waals surface area contributed by atoms with Crippen LogP contribution in [0.3, 0.4) is 0 Å². The van der Waals surface area contributed by atoms with E-state index in [0.717, 1.165) is 23.0 Å². The van der Waals surface area contributed by atoms with Gasteiger partial charge in [0.1, 0.15) is 5.82 Å². The van der Waals surface area contributed by atoms with Crippen molar-refractivity contribution in [3.8, 4) is 0 Å². The summed E-state index contributed by atoms with van der Waals surface area (Å²) in [5.41, 5.74) is 2.35.